The van der Waals surface area contributed by atoms with Crippen molar-refractivity contribution in [2.24, 2.45) is 34.5 Å². The molecule has 0 aromatic carbocycles. The zero-order chi connectivity index (χ0) is 15.8. The molecule has 0 aliphatic heterocycles. The lowest BCUT2D eigenvalue weighted by atomic mass is 9.44. The van der Waals surface area contributed by atoms with Gasteiger partial charge in [-0.3, -0.25) is 0 Å². The fourth-order valence-corrected chi connectivity index (χ4v) is 7.64. The second kappa shape index (κ2) is 4.72. The third-order valence-corrected chi connectivity index (χ3v) is 9.08. The first-order valence-electron chi connectivity index (χ1n) is 9.70. The Balaban J connectivity index is 1.71. The summed E-state index contributed by atoms with van der Waals surface area (Å²) in [7, 11) is 0. The zero-order valence-corrected chi connectivity index (χ0v) is 14.6. The lowest BCUT2D eigenvalue weighted by molar-refractivity contribution is -0.192. The van der Waals surface area contributed by atoms with Crippen molar-refractivity contribution < 1.29 is 10.2 Å². The molecule has 4 fully saturated rings. The van der Waals surface area contributed by atoms with Crippen LogP contribution in [0.3, 0.4) is 0 Å². The Morgan fingerprint density at radius 1 is 0.909 bits per heavy atom. The molecule has 0 saturated heterocycles. The summed E-state index contributed by atoms with van der Waals surface area (Å²) in [6, 6.07) is 0. The van der Waals surface area contributed by atoms with Crippen LogP contribution in [-0.2, 0) is 0 Å². The highest BCUT2D eigenvalue weighted by molar-refractivity contribution is 5.14. The van der Waals surface area contributed by atoms with Crippen LogP contribution >= 0.6 is 0 Å². The van der Waals surface area contributed by atoms with Crippen molar-refractivity contribution >= 4 is 0 Å². The minimum atomic E-state index is -0.589. The van der Waals surface area contributed by atoms with Gasteiger partial charge in [-0.05, 0) is 81.0 Å². The van der Waals surface area contributed by atoms with Crippen molar-refractivity contribution in [1.82, 2.24) is 0 Å². The van der Waals surface area contributed by atoms with E-state index in [0.29, 0.717) is 23.2 Å². The van der Waals surface area contributed by atoms with Crippen molar-refractivity contribution in [1.29, 1.82) is 0 Å². The van der Waals surface area contributed by atoms with Gasteiger partial charge < -0.3 is 10.2 Å². The van der Waals surface area contributed by atoms with Crippen molar-refractivity contribution in [3.05, 3.63) is 0 Å². The van der Waals surface area contributed by atoms with Crippen LogP contribution in [0.5, 0.6) is 0 Å². The predicted molar refractivity (Wildman–Crippen MR) is 88.4 cm³/mol. The maximum Gasteiger partial charge on any atom is 0.0676 e. The standard InChI is InChI=1S/C20H34O2/c1-18-10-5-4-6-13(18)7-8-14-15-9-11-20(3,22)19(15,2)12-16(21)17(14)18/h13-17,21-22H,4-12H2,1-3H3/t13?,14-,15-,16?,17-,18-,19-,20?/m0/s1. The summed E-state index contributed by atoms with van der Waals surface area (Å²) in [5, 5.41) is 22.1. The Labute approximate surface area is 135 Å². The van der Waals surface area contributed by atoms with Gasteiger partial charge in [0, 0.05) is 5.41 Å². The summed E-state index contributed by atoms with van der Waals surface area (Å²) in [4.78, 5) is 0. The molecule has 3 unspecified atom stereocenters. The van der Waals surface area contributed by atoms with Crippen LogP contribution in [0.15, 0.2) is 0 Å². The number of fused-ring (bicyclic) bond motifs is 5. The molecule has 2 N–H and O–H groups in total. The van der Waals surface area contributed by atoms with Crippen LogP contribution in [0, 0.1) is 34.5 Å². The van der Waals surface area contributed by atoms with Crippen LogP contribution in [0.2, 0.25) is 0 Å². The molecule has 4 aliphatic carbocycles. The normalized spacial score (nSPS) is 61.2. The molecule has 2 heteroatoms. The fourth-order valence-electron chi connectivity index (χ4n) is 7.64. The maximum absolute atomic E-state index is 11.1. The first kappa shape index (κ1) is 15.4. The van der Waals surface area contributed by atoms with E-state index in [2.05, 4.69) is 13.8 Å². The Morgan fingerprint density at radius 3 is 2.45 bits per heavy atom. The average Bonchev–Trinajstić information content (AvgIpc) is 2.68. The second-order valence-electron chi connectivity index (χ2n) is 9.82. The summed E-state index contributed by atoms with van der Waals surface area (Å²) in [5.41, 5.74) is -0.310. The number of rotatable bonds is 0. The van der Waals surface area contributed by atoms with Gasteiger partial charge in [-0.2, -0.15) is 0 Å². The quantitative estimate of drug-likeness (QED) is 0.706. The molecule has 4 rings (SSSR count). The van der Waals surface area contributed by atoms with Gasteiger partial charge in [0.1, 0.15) is 0 Å². The third kappa shape index (κ3) is 1.80. The highest BCUT2D eigenvalue weighted by atomic mass is 16.3. The Hall–Kier alpha value is -0.0800. The monoisotopic (exact) mass is 306 g/mol. The maximum atomic E-state index is 11.1. The molecular weight excluding hydrogens is 272 g/mol. The topological polar surface area (TPSA) is 40.5 Å². The predicted octanol–water partition coefficient (Wildman–Crippen LogP) is 4.14. The van der Waals surface area contributed by atoms with Gasteiger partial charge in [0.05, 0.1) is 11.7 Å². The van der Waals surface area contributed by atoms with Gasteiger partial charge >= 0.3 is 0 Å². The first-order chi connectivity index (χ1) is 10.3. The van der Waals surface area contributed by atoms with E-state index in [1.165, 1.54) is 38.5 Å². The Morgan fingerprint density at radius 2 is 1.68 bits per heavy atom. The molecule has 0 aromatic rings. The molecule has 126 valence electrons. The van der Waals surface area contributed by atoms with E-state index in [0.717, 1.165) is 25.2 Å². The van der Waals surface area contributed by atoms with E-state index in [1.807, 2.05) is 6.92 Å². The van der Waals surface area contributed by atoms with E-state index in [-0.39, 0.29) is 11.5 Å². The molecule has 0 radical (unpaired) electrons. The molecule has 8 atom stereocenters. The molecule has 0 aromatic heterocycles. The lowest BCUT2D eigenvalue weighted by Gasteiger charge is -2.62. The van der Waals surface area contributed by atoms with E-state index in [9.17, 15) is 10.2 Å². The van der Waals surface area contributed by atoms with E-state index < -0.39 is 5.60 Å². The van der Waals surface area contributed by atoms with E-state index in [4.69, 9.17) is 0 Å². The molecule has 4 saturated carbocycles. The molecular formula is C20H34O2. The summed E-state index contributed by atoms with van der Waals surface area (Å²) in [6.45, 7) is 6.78. The van der Waals surface area contributed by atoms with Crippen LogP contribution in [0.4, 0.5) is 0 Å². The number of aliphatic hydroxyl groups excluding tert-OH is 1. The smallest absolute Gasteiger partial charge is 0.0676 e. The molecule has 0 heterocycles. The van der Waals surface area contributed by atoms with Gasteiger partial charge in [0.15, 0.2) is 0 Å². The minimum Gasteiger partial charge on any atom is -0.393 e. The largest absolute Gasteiger partial charge is 0.393 e. The summed E-state index contributed by atoms with van der Waals surface area (Å²) < 4.78 is 0. The van der Waals surface area contributed by atoms with Crippen LogP contribution in [0.25, 0.3) is 0 Å². The van der Waals surface area contributed by atoms with Crippen molar-refractivity contribution in [2.45, 2.75) is 90.3 Å². The van der Waals surface area contributed by atoms with Crippen LogP contribution in [-0.4, -0.2) is 21.9 Å². The molecule has 0 bridgehead atoms. The van der Waals surface area contributed by atoms with Crippen LogP contribution in [0.1, 0.15) is 78.6 Å². The van der Waals surface area contributed by atoms with Gasteiger partial charge in [-0.15, -0.1) is 0 Å². The molecule has 0 amide bonds. The third-order valence-electron chi connectivity index (χ3n) is 9.08. The zero-order valence-electron chi connectivity index (χ0n) is 14.6. The molecule has 22 heavy (non-hydrogen) atoms. The molecule has 4 aliphatic rings. The van der Waals surface area contributed by atoms with Gasteiger partial charge in [0.25, 0.3) is 0 Å². The first-order valence-corrected chi connectivity index (χ1v) is 9.70. The highest BCUT2D eigenvalue weighted by Crippen LogP contribution is 2.68. The van der Waals surface area contributed by atoms with Crippen molar-refractivity contribution in [3.63, 3.8) is 0 Å². The van der Waals surface area contributed by atoms with Crippen molar-refractivity contribution in [3.8, 4) is 0 Å². The fraction of sp³-hybridized carbons (Fsp3) is 1.00. The number of hydrogen-bond acceptors (Lipinski definition) is 2. The van der Waals surface area contributed by atoms with Crippen molar-refractivity contribution in [2.75, 3.05) is 0 Å². The molecule has 0 spiro atoms. The van der Waals surface area contributed by atoms with E-state index in [1.54, 1.807) is 0 Å². The Kier molecular flexibility index (Phi) is 3.32. The Bertz CT molecular complexity index is 459. The highest BCUT2D eigenvalue weighted by Gasteiger charge is 2.65. The average molecular weight is 306 g/mol. The van der Waals surface area contributed by atoms with Gasteiger partial charge in [0.2, 0.25) is 0 Å². The summed E-state index contributed by atoms with van der Waals surface area (Å²) in [5.74, 6) is 2.58. The lowest BCUT2D eigenvalue weighted by Crippen LogP contribution is -2.60. The van der Waals surface area contributed by atoms with E-state index >= 15 is 0 Å². The summed E-state index contributed by atoms with van der Waals surface area (Å²) >= 11 is 0. The summed E-state index contributed by atoms with van der Waals surface area (Å²) in [6.07, 6.45) is 10.8. The number of aliphatic hydroxyl groups is 2. The van der Waals surface area contributed by atoms with Gasteiger partial charge in [-0.1, -0.05) is 26.7 Å². The minimum absolute atomic E-state index is 0.0779. The van der Waals surface area contributed by atoms with Gasteiger partial charge in [-0.25, -0.2) is 0 Å². The number of hydrogen-bond donors (Lipinski definition) is 2. The second-order valence-corrected chi connectivity index (χ2v) is 9.82. The molecule has 2 nitrogen and oxygen atoms in total. The van der Waals surface area contributed by atoms with Crippen LogP contribution < -0.4 is 0 Å². The SMILES string of the molecule is CC1(O)CC[C@H]2[C@@H]3CCC4CCCC[C@]4(C)[C@@H]3C(O)C[C@@]21C.